The van der Waals surface area contributed by atoms with Gasteiger partial charge in [0, 0.05) is 30.8 Å². The Kier molecular flexibility index (Phi) is 5.15. The highest BCUT2D eigenvalue weighted by Crippen LogP contribution is 2.16. The van der Waals surface area contributed by atoms with Crippen LogP contribution in [0.2, 0.25) is 0 Å². The van der Waals surface area contributed by atoms with Crippen LogP contribution in [0.15, 0.2) is 6.07 Å². The lowest BCUT2D eigenvalue weighted by Gasteiger charge is -2.29. The number of carbonyl (C=O) groups excluding carboxylic acids is 1. The fraction of sp³-hybridized carbons (Fsp3) is 0.688. The highest BCUT2D eigenvalue weighted by molar-refractivity contribution is 5.84. The zero-order valence-electron chi connectivity index (χ0n) is 13.5. The lowest BCUT2D eigenvalue weighted by Crippen LogP contribution is -2.44. The second kappa shape index (κ2) is 6.87. The van der Waals surface area contributed by atoms with Gasteiger partial charge in [0.2, 0.25) is 5.91 Å². The molecule has 1 aromatic heterocycles. The molecule has 2 heterocycles. The Labute approximate surface area is 127 Å². The van der Waals surface area contributed by atoms with E-state index in [-0.39, 0.29) is 17.9 Å². The minimum Gasteiger partial charge on any atom is -0.359 e. The molecule has 1 unspecified atom stereocenters. The molecule has 1 saturated heterocycles. The molecule has 1 aliphatic heterocycles. The van der Waals surface area contributed by atoms with E-state index in [2.05, 4.69) is 29.1 Å². The van der Waals surface area contributed by atoms with Gasteiger partial charge in [0.1, 0.15) is 17.7 Å². The predicted octanol–water partition coefficient (Wildman–Crippen LogP) is 2.72. The Hall–Kier alpha value is -1.65. The monoisotopic (exact) mass is 290 g/mol. The minimum absolute atomic E-state index is 0.164. The van der Waals surface area contributed by atoms with Crippen molar-refractivity contribution in [3.05, 3.63) is 17.6 Å². The lowest BCUT2D eigenvalue weighted by atomic mass is 10.1. The van der Waals surface area contributed by atoms with Crippen LogP contribution in [-0.2, 0) is 4.79 Å². The van der Waals surface area contributed by atoms with Crippen LogP contribution in [0.1, 0.15) is 57.5 Å². The Balaban J connectivity index is 2.04. The fourth-order valence-corrected chi connectivity index (χ4v) is 2.60. The number of piperidine rings is 1. The van der Waals surface area contributed by atoms with Gasteiger partial charge in [0.15, 0.2) is 0 Å². The summed E-state index contributed by atoms with van der Waals surface area (Å²) >= 11 is 0. The van der Waals surface area contributed by atoms with Crippen molar-refractivity contribution in [3.63, 3.8) is 0 Å². The highest BCUT2D eigenvalue weighted by Gasteiger charge is 2.22. The average Bonchev–Trinajstić information content (AvgIpc) is 2.46. The third-order valence-corrected chi connectivity index (χ3v) is 3.79. The van der Waals surface area contributed by atoms with Crippen molar-refractivity contribution in [2.24, 2.45) is 0 Å². The Morgan fingerprint density at radius 1 is 1.19 bits per heavy atom. The van der Waals surface area contributed by atoms with E-state index in [0.29, 0.717) is 0 Å². The molecule has 1 aliphatic rings. The Morgan fingerprint density at radius 3 is 2.48 bits per heavy atom. The molecular weight excluding hydrogens is 264 g/mol. The summed E-state index contributed by atoms with van der Waals surface area (Å²) in [6.07, 6.45) is 3.46. The van der Waals surface area contributed by atoms with E-state index in [9.17, 15) is 4.79 Å². The number of amides is 1. The quantitative estimate of drug-likeness (QED) is 0.926. The van der Waals surface area contributed by atoms with E-state index >= 15 is 0 Å². The number of rotatable bonds is 4. The van der Waals surface area contributed by atoms with E-state index in [1.54, 1.807) is 0 Å². The van der Waals surface area contributed by atoms with Gasteiger partial charge in [-0.05, 0) is 33.1 Å². The molecule has 0 spiro atoms. The molecule has 1 atom stereocenters. The number of anilines is 1. The molecule has 2 rings (SSSR count). The van der Waals surface area contributed by atoms with E-state index in [1.807, 2.05) is 24.8 Å². The Morgan fingerprint density at radius 2 is 1.86 bits per heavy atom. The first-order valence-corrected chi connectivity index (χ1v) is 7.88. The molecule has 1 N–H and O–H groups in total. The van der Waals surface area contributed by atoms with Gasteiger partial charge >= 0.3 is 0 Å². The predicted molar refractivity (Wildman–Crippen MR) is 84.4 cm³/mol. The maximum Gasteiger partial charge on any atom is 0.244 e. The molecule has 21 heavy (non-hydrogen) atoms. The summed E-state index contributed by atoms with van der Waals surface area (Å²) in [5, 5.41) is 3.23. The smallest absolute Gasteiger partial charge is 0.244 e. The molecule has 5 heteroatoms. The number of aromatic nitrogens is 2. The van der Waals surface area contributed by atoms with E-state index < -0.39 is 0 Å². The van der Waals surface area contributed by atoms with Crippen LogP contribution in [0.3, 0.4) is 0 Å². The molecule has 0 aliphatic carbocycles. The number of hydrogen-bond donors (Lipinski definition) is 1. The normalized spacial score (nSPS) is 16.9. The van der Waals surface area contributed by atoms with Crippen molar-refractivity contribution in [3.8, 4) is 0 Å². The first-order valence-electron chi connectivity index (χ1n) is 7.88. The average molecular weight is 290 g/mol. The van der Waals surface area contributed by atoms with Gasteiger partial charge in [-0.25, -0.2) is 9.97 Å². The fourth-order valence-electron chi connectivity index (χ4n) is 2.60. The summed E-state index contributed by atoms with van der Waals surface area (Å²) in [7, 11) is 0. The molecule has 1 amide bonds. The zero-order valence-corrected chi connectivity index (χ0v) is 13.5. The van der Waals surface area contributed by atoms with E-state index in [1.165, 1.54) is 6.42 Å². The Bertz CT molecular complexity index is 495. The summed E-state index contributed by atoms with van der Waals surface area (Å²) in [4.78, 5) is 23.3. The number of aryl methyl sites for hydroxylation is 1. The van der Waals surface area contributed by atoms with Crippen LogP contribution in [-0.4, -0.2) is 39.9 Å². The molecule has 0 bridgehead atoms. The van der Waals surface area contributed by atoms with Crippen LogP contribution >= 0.6 is 0 Å². The molecular formula is C16H26N4O. The minimum atomic E-state index is -0.252. The van der Waals surface area contributed by atoms with Crippen molar-refractivity contribution in [1.82, 2.24) is 14.9 Å². The largest absolute Gasteiger partial charge is 0.359 e. The highest BCUT2D eigenvalue weighted by atomic mass is 16.2. The summed E-state index contributed by atoms with van der Waals surface area (Å²) in [5.74, 6) is 2.00. The number of nitrogens with zero attached hydrogens (tertiary/aromatic N) is 3. The molecule has 0 saturated carbocycles. The van der Waals surface area contributed by atoms with Gasteiger partial charge in [-0.3, -0.25) is 4.79 Å². The van der Waals surface area contributed by atoms with Crippen molar-refractivity contribution in [1.29, 1.82) is 0 Å². The van der Waals surface area contributed by atoms with Gasteiger partial charge < -0.3 is 10.2 Å². The second-order valence-electron chi connectivity index (χ2n) is 6.16. The van der Waals surface area contributed by atoms with E-state index in [0.717, 1.165) is 43.3 Å². The van der Waals surface area contributed by atoms with Crippen LogP contribution in [0.4, 0.5) is 5.82 Å². The topological polar surface area (TPSA) is 58.1 Å². The zero-order chi connectivity index (χ0) is 15.4. The molecule has 0 aromatic carbocycles. The molecule has 0 radical (unpaired) electrons. The standard InChI is InChI=1S/C16H26N4O/c1-11(2)15-17-12(3)10-14(19-15)18-13(4)16(21)20-8-6-5-7-9-20/h10-11,13H,5-9H2,1-4H3,(H,17,18,19). The van der Waals surface area contributed by atoms with Crippen LogP contribution in [0, 0.1) is 6.92 Å². The van der Waals surface area contributed by atoms with Gasteiger partial charge in [-0.2, -0.15) is 0 Å². The maximum atomic E-state index is 12.4. The third-order valence-electron chi connectivity index (χ3n) is 3.79. The number of nitrogens with one attached hydrogen (secondary N) is 1. The summed E-state index contributed by atoms with van der Waals surface area (Å²) in [6, 6.07) is 1.64. The van der Waals surface area contributed by atoms with Crippen LogP contribution < -0.4 is 5.32 Å². The summed E-state index contributed by atoms with van der Waals surface area (Å²) in [5.41, 5.74) is 0.925. The van der Waals surface area contributed by atoms with Gasteiger partial charge in [0.05, 0.1) is 0 Å². The van der Waals surface area contributed by atoms with Crippen molar-refractivity contribution >= 4 is 11.7 Å². The third kappa shape index (κ3) is 4.16. The number of carbonyl (C=O) groups is 1. The second-order valence-corrected chi connectivity index (χ2v) is 6.16. The first-order chi connectivity index (χ1) is 9.97. The maximum absolute atomic E-state index is 12.4. The van der Waals surface area contributed by atoms with E-state index in [4.69, 9.17) is 0 Å². The van der Waals surface area contributed by atoms with Crippen molar-refractivity contribution in [2.75, 3.05) is 18.4 Å². The summed E-state index contributed by atoms with van der Waals surface area (Å²) < 4.78 is 0. The molecule has 5 nitrogen and oxygen atoms in total. The number of likely N-dealkylation sites (tertiary alicyclic amines) is 1. The molecule has 116 valence electrons. The van der Waals surface area contributed by atoms with Crippen LogP contribution in [0.5, 0.6) is 0 Å². The molecule has 1 fully saturated rings. The van der Waals surface area contributed by atoms with Gasteiger partial charge in [-0.1, -0.05) is 13.8 Å². The number of hydrogen-bond acceptors (Lipinski definition) is 4. The lowest BCUT2D eigenvalue weighted by molar-refractivity contribution is -0.132. The SMILES string of the molecule is Cc1cc(NC(C)C(=O)N2CCCCC2)nc(C(C)C)n1. The van der Waals surface area contributed by atoms with Crippen molar-refractivity contribution in [2.45, 2.75) is 58.9 Å². The molecule has 1 aromatic rings. The summed E-state index contributed by atoms with van der Waals surface area (Å²) in [6.45, 7) is 9.76. The van der Waals surface area contributed by atoms with Gasteiger partial charge in [-0.15, -0.1) is 0 Å². The van der Waals surface area contributed by atoms with Crippen LogP contribution in [0.25, 0.3) is 0 Å². The van der Waals surface area contributed by atoms with Gasteiger partial charge in [0.25, 0.3) is 0 Å². The first kappa shape index (κ1) is 15.7. The van der Waals surface area contributed by atoms with Crippen molar-refractivity contribution < 1.29 is 4.79 Å².